The molecule has 5 nitrogen and oxygen atoms in total. The molecule has 1 N–H and O–H groups in total. The number of nitrogens with one attached hydrogen (secondary N) is 1. The molecule has 0 aliphatic rings. The third-order valence-corrected chi connectivity index (χ3v) is 5.25. The first-order valence-electron chi connectivity index (χ1n) is 11.0. The molecule has 0 aliphatic carbocycles. The van der Waals surface area contributed by atoms with E-state index in [9.17, 15) is 0 Å². The number of benzene rings is 2. The molecule has 1 aromatic heterocycles. The molecule has 3 rings (SSSR count). The zero-order valence-corrected chi connectivity index (χ0v) is 18.7. The van der Waals surface area contributed by atoms with Crippen molar-refractivity contribution in [2.24, 2.45) is 0 Å². The summed E-state index contributed by atoms with van der Waals surface area (Å²) in [6.07, 6.45) is 4.15. The molecule has 3 aromatic rings. The fourth-order valence-electron chi connectivity index (χ4n) is 3.58. The van der Waals surface area contributed by atoms with E-state index in [-0.39, 0.29) is 0 Å². The Morgan fingerprint density at radius 3 is 2.17 bits per heavy atom. The van der Waals surface area contributed by atoms with Crippen molar-refractivity contribution in [3.05, 3.63) is 71.0 Å². The van der Waals surface area contributed by atoms with Crippen LogP contribution in [0.3, 0.4) is 0 Å². The van der Waals surface area contributed by atoms with Crippen molar-refractivity contribution in [3.8, 4) is 0 Å². The minimum absolute atomic E-state index is 0.614. The second-order valence-electron chi connectivity index (χ2n) is 7.55. The molecule has 0 amide bonds. The Morgan fingerprint density at radius 1 is 0.833 bits per heavy atom. The van der Waals surface area contributed by atoms with E-state index in [1.807, 2.05) is 13.0 Å². The summed E-state index contributed by atoms with van der Waals surface area (Å²) in [5.41, 5.74) is 4.94. The van der Waals surface area contributed by atoms with Gasteiger partial charge in [0.05, 0.1) is 0 Å². The molecular formula is C25H33N5. The van der Waals surface area contributed by atoms with Crippen LogP contribution in [-0.2, 0) is 19.4 Å². The van der Waals surface area contributed by atoms with Gasteiger partial charge < -0.3 is 10.2 Å². The van der Waals surface area contributed by atoms with E-state index in [0.29, 0.717) is 5.95 Å². The number of aryl methyl sites for hydroxylation is 3. The fourth-order valence-corrected chi connectivity index (χ4v) is 3.58. The van der Waals surface area contributed by atoms with Gasteiger partial charge in [0, 0.05) is 18.8 Å². The highest BCUT2D eigenvalue weighted by Crippen LogP contribution is 2.26. The molecule has 0 fully saturated rings. The Bertz CT molecular complexity index is 917. The van der Waals surface area contributed by atoms with Crippen molar-refractivity contribution in [1.82, 2.24) is 15.0 Å². The van der Waals surface area contributed by atoms with E-state index >= 15 is 0 Å². The highest BCUT2D eigenvalue weighted by atomic mass is 15.3. The molecule has 0 aliphatic heterocycles. The number of anilines is 3. The summed E-state index contributed by atoms with van der Waals surface area (Å²) in [5.74, 6) is 2.07. The monoisotopic (exact) mass is 403 g/mol. The van der Waals surface area contributed by atoms with Gasteiger partial charge in [0.15, 0.2) is 0 Å². The lowest BCUT2D eigenvalue weighted by atomic mass is 10.0. The number of aromatic nitrogens is 3. The summed E-state index contributed by atoms with van der Waals surface area (Å²) >= 11 is 0. The Hall–Kier alpha value is -2.95. The molecule has 158 valence electrons. The lowest BCUT2D eigenvalue weighted by molar-refractivity contribution is 0.692. The second kappa shape index (κ2) is 10.7. The molecule has 2 aromatic carbocycles. The molecule has 30 heavy (non-hydrogen) atoms. The highest BCUT2D eigenvalue weighted by Gasteiger charge is 2.15. The molecule has 0 spiro atoms. The van der Waals surface area contributed by atoms with Gasteiger partial charge in [-0.15, -0.1) is 0 Å². The maximum Gasteiger partial charge on any atom is 0.232 e. The van der Waals surface area contributed by atoms with Gasteiger partial charge in [-0.05, 0) is 42.9 Å². The van der Waals surface area contributed by atoms with E-state index in [0.717, 1.165) is 56.2 Å². The average molecular weight is 404 g/mol. The number of hydrogen-bond donors (Lipinski definition) is 1. The summed E-state index contributed by atoms with van der Waals surface area (Å²) in [5, 5.41) is 3.51. The Balaban J connectivity index is 1.93. The smallest absolute Gasteiger partial charge is 0.232 e. The van der Waals surface area contributed by atoms with E-state index in [4.69, 9.17) is 4.98 Å². The quantitative estimate of drug-likeness (QED) is 0.460. The van der Waals surface area contributed by atoms with Gasteiger partial charge in [-0.1, -0.05) is 75.7 Å². The van der Waals surface area contributed by atoms with Gasteiger partial charge in [-0.25, -0.2) is 0 Å². The summed E-state index contributed by atoms with van der Waals surface area (Å²) in [7, 11) is 0. The Kier molecular flexibility index (Phi) is 7.77. The maximum atomic E-state index is 4.82. The molecule has 0 saturated carbocycles. The number of hydrogen-bond acceptors (Lipinski definition) is 5. The summed E-state index contributed by atoms with van der Waals surface area (Å²) in [6.45, 7) is 10.2. The highest BCUT2D eigenvalue weighted by molar-refractivity contribution is 5.64. The minimum atomic E-state index is 0.614. The molecule has 0 saturated heterocycles. The van der Waals surface area contributed by atoms with Gasteiger partial charge in [-0.3, -0.25) is 0 Å². The zero-order chi connectivity index (χ0) is 21.3. The van der Waals surface area contributed by atoms with Gasteiger partial charge in [-0.2, -0.15) is 15.0 Å². The maximum absolute atomic E-state index is 4.82. The Labute approximate surface area is 180 Å². The van der Waals surface area contributed by atoms with E-state index in [2.05, 4.69) is 83.4 Å². The third kappa shape index (κ3) is 5.56. The van der Waals surface area contributed by atoms with Crippen molar-refractivity contribution in [2.75, 3.05) is 16.8 Å². The van der Waals surface area contributed by atoms with Gasteiger partial charge in [0.2, 0.25) is 11.9 Å². The van der Waals surface area contributed by atoms with E-state index in [1.165, 1.54) is 16.7 Å². The SMILES string of the molecule is CCCCN(Cc1ccccc1)c1nc(C)nc(Nc2c(CC)cccc2CC)n1. The predicted octanol–water partition coefficient (Wildman–Crippen LogP) is 5.86. The molecule has 1 heterocycles. The van der Waals surface area contributed by atoms with Crippen LogP contribution < -0.4 is 10.2 Å². The second-order valence-corrected chi connectivity index (χ2v) is 7.55. The Morgan fingerprint density at radius 2 is 1.53 bits per heavy atom. The fraction of sp³-hybridized carbons (Fsp3) is 0.400. The van der Waals surface area contributed by atoms with Crippen molar-refractivity contribution in [3.63, 3.8) is 0 Å². The molecule has 0 radical (unpaired) electrons. The van der Waals surface area contributed by atoms with Crippen LogP contribution in [0.5, 0.6) is 0 Å². The first-order chi connectivity index (χ1) is 14.6. The lowest BCUT2D eigenvalue weighted by Gasteiger charge is -2.23. The molecule has 0 bridgehead atoms. The largest absolute Gasteiger partial charge is 0.336 e. The normalized spacial score (nSPS) is 10.8. The van der Waals surface area contributed by atoms with Crippen molar-refractivity contribution in [1.29, 1.82) is 0 Å². The van der Waals surface area contributed by atoms with Crippen LogP contribution in [0.2, 0.25) is 0 Å². The van der Waals surface area contributed by atoms with Crippen LogP contribution in [0, 0.1) is 6.92 Å². The zero-order valence-electron chi connectivity index (χ0n) is 18.7. The number of para-hydroxylation sites is 1. The van der Waals surface area contributed by atoms with Crippen LogP contribution in [0.1, 0.15) is 56.1 Å². The summed E-state index contributed by atoms with van der Waals surface area (Å²) in [6, 6.07) is 17.0. The predicted molar refractivity (Wildman–Crippen MR) is 125 cm³/mol. The van der Waals surface area contributed by atoms with Crippen molar-refractivity contribution < 1.29 is 0 Å². The topological polar surface area (TPSA) is 53.9 Å². The average Bonchev–Trinajstić information content (AvgIpc) is 2.77. The summed E-state index contributed by atoms with van der Waals surface area (Å²) in [4.78, 5) is 16.3. The molecular weight excluding hydrogens is 370 g/mol. The van der Waals surface area contributed by atoms with Crippen LogP contribution in [0.4, 0.5) is 17.6 Å². The third-order valence-electron chi connectivity index (χ3n) is 5.25. The number of nitrogens with zero attached hydrogens (tertiary/aromatic N) is 4. The molecule has 0 atom stereocenters. The standard InChI is InChI=1S/C25H33N5/c1-5-8-17-30(18-20-13-10-9-11-14-20)25-27-19(4)26-24(29-25)28-23-21(6-2)15-12-16-22(23)7-3/h9-16H,5-8,17-18H2,1-4H3,(H,26,27,28,29). The first kappa shape index (κ1) is 21.8. The molecule has 5 heteroatoms. The van der Waals surface area contributed by atoms with E-state index in [1.54, 1.807) is 0 Å². The summed E-state index contributed by atoms with van der Waals surface area (Å²) < 4.78 is 0. The van der Waals surface area contributed by atoms with Gasteiger partial charge >= 0.3 is 0 Å². The van der Waals surface area contributed by atoms with Crippen LogP contribution in [-0.4, -0.2) is 21.5 Å². The number of rotatable bonds is 10. The lowest BCUT2D eigenvalue weighted by Crippen LogP contribution is -2.26. The first-order valence-corrected chi connectivity index (χ1v) is 11.0. The molecule has 0 unspecified atom stereocenters. The van der Waals surface area contributed by atoms with Gasteiger partial charge in [0.25, 0.3) is 0 Å². The van der Waals surface area contributed by atoms with Crippen molar-refractivity contribution >= 4 is 17.6 Å². The minimum Gasteiger partial charge on any atom is -0.336 e. The number of unbranched alkanes of at least 4 members (excludes halogenated alkanes) is 1. The van der Waals surface area contributed by atoms with E-state index < -0.39 is 0 Å². The van der Waals surface area contributed by atoms with Crippen molar-refractivity contribution in [2.45, 2.75) is 59.9 Å². The van der Waals surface area contributed by atoms with Gasteiger partial charge in [0.1, 0.15) is 5.82 Å². The van der Waals surface area contributed by atoms with Crippen LogP contribution in [0.25, 0.3) is 0 Å². The van der Waals surface area contributed by atoms with Crippen LogP contribution >= 0.6 is 0 Å². The van der Waals surface area contributed by atoms with Crippen LogP contribution in [0.15, 0.2) is 48.5 Å².